The lowest BCUT2D eigenvalue weighted by atomic mass is 10.2. The lowest BCUT2D eigenvalue weighted by Crippen LogP contribution is -2.29. The van der Waals surface area contributed by atoms with Gasteiger partial charge in [0, 0.05) is 18.7 Å². The van der Waals surface area contributed by atoms with Crippen LogP contribution in [0.15, 0.2) is 28.6 Å². The summed E-state index contributed by atoms with van der Waals surface area (Å²) < 4.78 is 5.98. The molecule has 0 bridgehead atoms. The number of likely N-dealkylation sites (tertiary alicyclic amines) is 1. The molecule has 1 aliphatic heterocycles. The molecule has 0 N–H and O–H groups in total. The highest BCUT2D eigenvalue weighted by atomic mass is 32.2. The summed E-state index contributed by atoms with van der Waals surface area (Å²) in [7, 11) is 1.64. The van der Waals surface area contributed by atoms with Crippen LogP contribution in [0.5, 0.6) is 5.75 Å². The minimum atomic E-state index is 0.198. The SMILES string of the molecule is COc1ccc(-c2nnc(SCC(=O)N3CCCC3)s2)cc1. The van der Waals surface area contributed by atoms with E-state index in [0.717, 1.165) is 46.6 Å². The van der Waals surface area contributed by atoms with Crippen molar-refractivity contribution in [3.63, 3.8) is 0 Å². The van der Waals surface area contributed by atoms with Gasteiger partial charge in [0.15, 0.2) is 4.34 Å². The van der Waals surface area contributed by atoms with Crippen molar-refractivity contribution < 1.29 is 9.53 Å². The molecule has 0 aliphatic carbocycles. The third-order valence-electron chi connectivity index (χ3n) is 3.52. The van der Waals surface area contributed by atoms with Crippen molar-refractivity contribution in [2.45, 2.75) is 17.2 Å². The van der Waals surface area contributed by atoms with Crippen molar-refractivity contribution in [2.75, 3.05) is 26.0 Å². The molecule has 3 rings (SSSR count). The molecule has 2 heterocycles. The summed E-state index contributed by atoms with van der Waals surface area (Å²) in [5.41, 5.74) is 1.01. The maximum Gasteiger partial charge on any atom is 0.233 e. The van der Waals surface area contributed by atoms with Crippen LogP contribution in [0.3, 0.4) is 0 Å². The van der Waals surface area contributed by atoms with E-state index < -0.39 is 0 Å². The van der Waals surface area contributed by atoms with Crippen LogP contribution in [0.1, 0.15) is 12.8 Å². The second-order valence-corrected chi connectivity index (χ2v) is 7.18. The number of rotatable bonds is 5. The van der Waals surface area contributed by atoms with Gasteiger partial charge in [0.05, 0.1) is 12.9 Å². The molecule has 1 aliphatic rings. The second-order valence-electron chi connectivity index (χ2n) is 4.98. The first-order chi connectivity index (χ1) is 10.8. The Morgan fingerprint density at radius 2 is 2.00 bits per heavy atom. The highest BCUT2D eigenvalue weighted by molar-refractivity contribution is 8.01. The van der Waals surface area contributed by atoms with Crippen molar-refractivity contribution >= 4 is 29.0 Å². The van der Waals surface area contributed by atoms with E-state index in [-0.39, 0.29) is 5.91 Å². The molecule has 2 aromatic rings. The molecule has 0 atom stereocenters. The third-order valence-corrected chi connectivity index (χ3v) is 5.61. The molecule has 5 nitrogen and oxygen atoms in total. The van der Waals surface area contributed by atoms with Gasteiger partial charge >= 0.3 is 0 Å². The fourth-order valence-electron chi connectivity index (χ4n) is 2.30. The first kappa shape index (κ1) is 15.3. The highest BCUT2D eigenvalue weighted by Gasteiger charge is 2.18. The van der Waals surface area contributed by atoms with Crippen molar-refractivity contribution in [1.29, 1.82) is 0 Å². The molecule has 1 fully saturated rings. The molecule has 116 valence electrons. The zero-order chi connectivity index (χ0) is 15.4. The van der Waals surface area contributed by atoms with E-state index in [9.17, 15) is 4.79 Å². The number of amides is 1. The van der Waals surface area contributed by atoms with Gasteiger partial charge in [0.1, 0.15) is 10.8 Å². The predicted octanol–water partition coefficient (Wildman–Crippen LogP) is 2.93. The van der Waals surface area contributed by atoms with Crippen LogP contribution in [0.2, 0.25) is 0 Å². The fourth-order valence-corrected chi connectivity index (χ4v) is 4.06. The van der Waals surface area contributed by atoms with Gasteiger partial charge in [-0.15, -0.1) is 10.2 Å². The summed E-state index contributed by atoms with van der Waals surface area (Å²) in [6.45, 7) is 1.79. The Morgan fingerprint density at radius 1 is 1.27 bits per heavy atom. The van der Waals surface area contributed by atoms with Crippen LogP contribution in [-0.2, 0) is 4.79 Å². The molecular weight excluding hydrogens is 318 g/mol. The third kappa shape index (κ3) is 3.59. The van der Waals surface area contributed by atoms with Gasteiger partial charge < -0.3 is 9.64 Å². The number of thioether (sulfide) groups is 1. The molecule has 22 heavy (non-hydrogen) atoms. The average Bonchev–Trinajstić information content (AvgIpc) is 3.24. The monoisotopic (exact) mass is 335 g/mol. The number of carbonyl (C=O) groups excluding carboxylic acids is 1. The number of carbonyl (C=O) groups is 1. The highest BCUT2D eigenvalue weighted by Crippen LogP contribution is 2.30. The Bertz CT molecular complexity index is 636. The van der Waals surface area contributed by atoms with Gasteiger partial charge in [-0.2, -0.15) is 0 Å². The van der Waals surface area contributed by atoms with Crippen LogP contribution in [0.25, 0.3) is 10.6 Å². The molecular formula is C15H17N3O2S2. The lowest BCUT2D eigenvalue weighted by molar-refractivity contribution is -0.127. The molecule has 1 aromatic carbocycles. The number of ether oxygens (including phenoxy) is 1. The normalized spacial score (nSPS) is 14.3. The van der Waals surface area contributed by atoms with Gasteiger partial charge in [0.25, 0.3) is 0 Å². The first-order valence-corrected chi connectivity index (χ1v) is 8.95. The number of nitrogens with zero attached hydrogens (tertiary/aromatic N) is 3. The minimum absolute atomic E-state index is 0.198. The molecule has 7 heteroatoms. The largest absolute Gasteiger partial charge is 0.497 e. The van der Waals surface area contributed by atoms with E-state index in [4.69, 9.17) is 4.74 Å². The summed E-state index contributed by atoms with van der Waals surface area (Å²) in [6.07, 6.45) is 2.24. The predicted molar refractivity (Wildman–Crippen MR) is 88.4 cm³/mol. The zero-order valence-corrected chi connectivity index (χ0v) is 14.0. The van der Waals surface area contributed by atoms with Crippen molar-refractivity contribution in [1.82, 2.24) is 15.1 Å². The smallest absolute Gasteiger partial charge is 0.233 e. The van der Waals surface area contributed by atoms with Gasteiger partial charge in [-0.25, -0.2) is 0 Å². The van der Waals surface area contributed by atoms with Crippen molar-refractivity contribution in [3.8, 4) is 16.3 Å². The molecule has 0 saturated carbocycles. The summed E-state index contributed by atoms with van der Waals surface area (Å²) >= 11 is 2.98. The maximum atomic E-state index is 12.0. The van der Waals surface area contributed by atoms with Crippen LogP contribution >= 0.6 is 23.1 Å². The Morgan fingerprint density at radius 3 is 2.68 bits per heavy atom. The Balaban J connectivity index is 1.59. The van der Waals surface area contributed by atoms with Gasteiger partial charge in [-0.1, -0.05) is 23.1 Å². The summed E-state index contributed by atoms with van der Waals surface area (Å²) in [5.74, 6) is 1.46. The molecule has 0 unspecified atom stereocenters. The van der Waals surface area contributed by atoms with E-state index in [2.05, 4.69) is 10.2 Å². The Labute approximate surface area is 137 Å². The van der Waals surface area contributed by atoms with E-state index >= 15 is 0 Å². The van der Waals surface area contributed by atoms with Gasteiger partial charge in [0.2, 0.25) is 5.91 Å². The van der Waals surface area contributed by atoms with E-state index in [1.165, 1.54) is 23.1 Å². The molecule has 1 saturated heterocycles. The van der Waals surface area contributed by atoms with Crippen molar-refractivity contribution in [3.05, 3.63) is 24.3 Å². The number of benzene rings is 1. The number of hydrogen-bond acceptors (Lipinski definition) is 6. The molecule has 1 amide bonds. The quantitative estimate of drug-likeness (QED) is 0.786. The van der Waals surface area contributed by atoms with Crippen molar-refractivity contribution in [2.24, 2.45) is 0 Å². The number of aromatic nitrogens is 2. The Kier molecular flexibility index (Phi) is 4.94. The van der Waals surface area contributed by atoms with E-state index in [1.807, 2.05) is 29.2 Å². The number of methoxy groups -OCH3 is 1. The van der Waals surface area contributed by atoms with Crippen LogP contribution in [-0.4, -0.2) is 47.0 Å². The lowest BCUT2D eigenvalue weighted by Gasteiger charge is -2.13. The average molecular weight is 335 g/mol. The molecule has 1 aromatic heterocycles. The fraction of sp³-hybridized carbons (Fsp3) is 0.400. The first-order valence-electron chi connectivity index (χ1n) is 7.15. The van der Waals surface area contributed by atoms with E-state index in [0.29, 0.717) is 5.75 Å². The van der Waals surface area contributed by atoms with Gasteiger partial charge in [-0.3, -0.25) is 4.79 Å². The van der Waals surface area contributed by atoms with E-state index in [1.54, 1.807) is 7.11 Å². The molecule has 0 radical (unpaired) electrons. The van der Waals surface area contributed by atoms with Gasteiger partial charge in [-0.05, 0) is 37.1 Å². The summed E-state index contributed by atoms with van der Waals surface area (Å²) in [6, 6.07) is 7.73. The standard InChI is InChI=1S/C15H17N3O2S2/c1-20-12-6-4-11(5-7-12)14-16-17-15(22-14)21-10-13(19)18-8-2-3-9-18/h4-7H,2-3,8-10H2,1H3. The van der Waals surface area contributed by atoms with Crippen LogP contribution in [0, 0.1) is 0 Å². The van der Waals surface area contributed by atoms with Crippen LogP contribution < -0.4 is 4.74 Å². The maximum absolute atomic E-state index is 12.0. The topological polar surface area (TPSA) is 55.3 Å². The Hall–Kier alpha value is -1.60. The molecule has 0 spiro atoms. The second kappa shape index (κ2) is 7.11. The summed E-state index contributed by atoms with van der Waals surface area (Å²) in [5, 5.41) is 9.22. The minimum Gasteiger partial charge on any atom is -0.497 e. The zero-order valence-electron chi connectivity index (χ0n) is 12.3. The number of hydrogen-bond donors (Lipinski definition) is 0. The summed E-state index contributed by atoms with van der Waals surface area (Å²) in [4.78, 5) is 13.9. The van der Waals surface area contributed by atoms with Crippen LogP contribution in [0.4, 0.5) is 0 Å².